The fourth-order valence-electron chi connectivity index (χ4n) is 3.65. The van der Waals surface area contributed by atoms with Gasteiger partial charge in [-0.3, -0.25) is 0 Å². The quantitative estimate of drug-likeness (QED) is 0.515. The van der Waals surface area contributed by atoms with Crippen LogP contribution in [0.3, 0.4) is 0 Å². The first-order chi connectivity index (χ1) is 10.8. The van der Waals surface area contributed by atoms with E-state index in [1.807, 2.05) is 7.11 Å². The maximum Gasteiger partial charge on any atom is -0.147 e. The number of methoxy groups -OCH3 is 1. The minimum Gasteiger partial charge on any atom is -0.147 e. The van der Waals surface area contributed by atoms with E-state index in [0.29, 0.717) is 3.63 Å². The summed E-state index contributed by atoms with van der Waals surface area (Å²) in [6.07, 6.45) is 1.16. The van der Waals surface area contributed by atoms with Crippen LogP contribution in [0.15, 0.2) is 36.4 Å². The van der Waals surface area contributed by atoms with E-state index in [9.17, 15) is 0 Å². The standard InChI is InChI=1S/C21H25O.2ClH.Zr/c1-14-11-16-13-18(21(2,3)4)20(22-5)19(17(16)12-14)15-9-7-6-8-10-15;;;/h6-11,13-14H,12H2,1-5H3;2*1H;. The first-order valence-corrected chi connectivity index (χ1v) is 9.77. The van der Waals surface area contributed by atoms with Crippen LogP contribution in [-0.2, 0) is 36.6 Å². The average Bonchev–Trinajstić information content (AvgIpc) is 2.80. The van der Waals surface area contributed by atoms with E-state index in [-0.39, 0.29) is 30.2 Å². The van der Waals surface area contributed by atoms with E-state index in [0.717, 1.165) is 18.1 Å². The molecule has 0 bridgehead atoms. The number of halogens is 2. The molecule has 0 fully saturated rings. The maximum atomic E-state index is 5.96. The third-order valence-electron chi connectivity index (χ3n) is 4.93. The van der Waals surface area contributed by atoms with Crippen molar-refractivity contribution in [1.82, 2.24) is 0 Å². The van der Waals surface area contributed by atoms with Crippen LogP contribution in [-0.4, -0.2) is 7.11 Å². The summed E-state index contributed by atoms with van der Waals surface area (Å²) in [4.78, 5) is 0. The zero-order valence-corrected chi connectivity index (χ0v) is 19.6. The molecule has 0 saturated heterocycles. The van der Waals surface area contributed by atoms with Gasteiger partial charge in [0.1, 0.15) is 0 Å². The molecule has 0 aliphatic heterocycles. The third-order valence-corrected chi connectivity index (χ3v) is 7.09. The molecule has 2 unspecified atom stereocenters. The zero-order valence-electron chi connectivity index (χ0n) is 15.6. The van der Waals surface area contributed by atoms with Crippen molar-refractivity contribution in [3.05, 3.63) is 53.1 Å². The molecule has 0 amide bonds. The summed E-state index contributed by atoms with van der Waals surface area (Å²) in [7, 11) is 1.82. The van der Waals surface area contributed by atoms with E-state index in [1.54, 1.807) is 30.3 Å². The smallest absolute Gasteiger partial charge is 0.147 e. The topological polar surface area (TPSA) is 9.23 Å². The van der Waals surface area contributed by atoms with Crippen LogP contribution < -0.4 is 4.74 Å². The van der Waals surface area contributed by atoms with Gasteiger partial charge in [-0.05, 0) is 0 Å². The molecule has 1 aliphatic rings. The molecule has 0 aromatic heterocycles. The fourth-order valence-corrected chi connectivity index (χ4v) is 4.57. The molecular formula is C21H27Cl2OZr. The van der Waals surface area contributed by atoms with Crippen LogP contribution in [0.4, 0.5) is 0 Å². The second kappa shape index (κ2) is 8.59. The van der Waals surface area contributed by atoms with Crippen LogP contribution in [0, 0.1) is 5.92 Å². The Hall–Kier alpha value is -0.297. The van der Waals surface area contributed by atoms with Crippen LogP contribution in [0.25, 0.3) is 11.1 Å². The molecule has 4 heteroatoms. The number of benzene rings is 2. The van der Waals surface area contributed by atoms with Crippen molar-refractivity contribution in [2.24, 2.45) is 5.92 Å². The predicted octanol–water partition coefficient (Wildman–Crippen LogP) is 6.28. The van der Waals surface area contributed by atoms with E-state index < -0.39 is 0 Å². The second-order valence-electron chi connectivity index (χ2n) is 7.68. The van der Waals surface area contributed by atoms with Crippen molar-refractivity contribution in [3.8, 4) is 16.9 Å². The average molecular weight is 458 g/mol. The van der Waals surface area contributed by atoms with Crippen molar-refractivity contribution >= 4 is 24.8 Å². The summed E-state index contributed by atoms with van der Waals surface area (Å²) >= 11 is 1.62. The summed E-state index contributed by atoms with van der Waals surface area (Å²) in [6, 6.07) is 13.2. The molecule has 1 aliphatic carbocycles. The monoisotopic (exact) mass is 455 g/mol. The molecule has 1 nitrogen and oxygen atoms in total. The van der Waals surface area contributed by atoms with Gasteiger partial charge in [-0.15, -0.1) is 24.8 Å². The van der Waals surface area contributed by atoms with Gasteiger partial charge in [0.15, 0.2) is 0 Å². The maximum absolute atomic E-state index is 5.96. The van der Waals surface area contributed by atoms with Crippen molar-refractivity contribution in [2.75, 3.05) is 7.11 Å². The number of hydrogen-bond acceptors (Lipinski definition) is 1. The van der Waals surface area contributed by atoms with Gasteiger partial charge in [-0.1, -0.05) is 0 Å². The number of hydrogen-bond donors (Lipinski definition) is 0. The summed E-state index contributed by atoms with van der Waals surface area (Å²) in [5, 5.41) is 0. The SMILES string of the molecule is COc1c(C(C)(C)C)cc2c(c1-c1ccccc1)CC(C)[CH]2[Zr].Cl.Cl. The molecule has 2 aromatic rings. The molecule has 2 atom stereocenters. The number of ether oxygens (including phenoxy) is 1. The minimum atomic E-state index is 0. The van der Waals surface area contributed by atoms with Gasteiger partial charge in [0, 0.05) is 0 Å². The molecule has 0 spiro atoms. The molecule has 3 rings (SSSR count). The van der Waals surface area contributed by atoms with Gasteiger partial charge in [-0.25, -0.2) is 0 Å². The van der Waals surface area contributed by atoms with Gasteiger partial charge < -0.3 is 0 Å². The van der Waals surface area contributed by atoms with Gasteiger partial charge in [0.2, 0.25) is 0 Å². The van der Waals surface area contributed by atoms with Crippen LogP contribution >= 0.6 is 24.8 Å². The van der Waals surface area contributed by atoms with Gasteiger partial charge >= 0.3 is 156 Å². The minimum absolute atomic E-state index is 0. The van der Waals surface area contributed by atoms with Gasteiger partial charge in [0.05, 0.1) is 0 Å². The fraction of sp³-hybridized carbons (Fsp3) is 0.429. The van der Waals surface area contributed by atoms with E-state index in [2.05, 4.69) is 64.1 Å². The molecule has 0 heterocycles. The Morgan fingerprint density at radius 3 is 2.20 bits per heavy atom. The van der Waals surface area contributed by atoms with Gasteiger partial charge in [0.25, 0.3) is 0 Å². The van der Waals surface area contributed by atoms with Crippen molar-refractivity contribution in [2.45, 2.75) is 43.2 Å². The zero-order chi connectivity index (χ0) is 16.8. The van der Waals surface area contributed by atoms with Crippen molar-refractivity contribution in [1.29, 1.82) is 0 Å². The summed E-state index contributed by atoms with van der Waals surface area (Å²) < 4.78 is 6.66. The predicted molar refractivity (Wildman–Crippen MR) is 107 cm³/mol. The first kappa shape index (κ1) is 22.7. The van der Waals surface area contributed by atoms with E-state index in [1.165, 1.54) is 22.3 Å². The Balaban J connectivity index is 0.00000156. The number of fused-ring (bicyclic) bond motifs is 1. The van der Waals surface area contributed by atoms with Crippen molar-refractivity contribution in [3.63, 3.8) is 0 Å². The van der Waals surface area contributed by atoms with Gasteiger partial charge in [-0.2, -0.15) is 0 Å². The Morgan fingerprint density at radius 1 is 1.08 bits per heavy atom. The largest absolute Gasteiger partial charge is 0.147 e. The normalized spacial score (nSPS) is 18.7. The molecule has 135 valence electrons. The molecule has 0 saturated carbocycles. The molecule has 0 N–H and O–H groups in total. The first-order valence-electron chi connectivity index (χ1n) is 8.35. The van der Waals surface area contributed by atoms with Crippen LogP contribution in [0.1, 0.15) is 48.0 Å². The third kappa shape index (κ3) is 4.18. The second-order valence-corrected chi connectivity index (χ2v) is 9.20. The molecule has 0 radical (unpaired) electrons. The van der Waals surface area contributed by atoms with Crippen LogP contribution in [0.2, 0.25) is 0 Å². The van der Waals surface area contributed by atoms with Crippen molar-refractivity contribution < 1.29 is 29.5 Å². The molecule has 2 aromatic carbocycles. The Morgan fingerprint density at radius 2 is 1.68 bits per heavy atom. The Bertz CT molecular complexity index is 723. The molecule has 25 heavy (non-hydrogen) atoms. The summed E-state index contributed by atoms with van der Waals surface area (Å²) in [5.41, 5.74) is 7.08. The van der Waals surface area contributed by atoms with E-state index >= 15 is 0 Å². The molecular weight excluding hydrogens is 430 g/mol. The summed E-state index contributed by atoms with van der Waals surface area (Å²) in [6.45, 7) is 9.23. The number of rotatable bonds is 2. The Labute approximate surface area is 179 Å². The van der Waals surface area contributed by atoms with E-state index in [4.69, 9.17) is 4.74 Å². The summed E-state index contributed by atoms with van der Waals surface area (Å²) in [5.74, 6) is 1.80. The van der Waals surface area contributed by atoms with Crippen LogP contribution in [0.5, 0.6) is 5.75 Å². The Kier molecular flexibility index (Phi) is 7.82.